The fraction of sp³-hybridized carbons (Fsp3) is 0.550. The topological polar surface area (TPSA) is 174 Å². The third kappa shape index (κ3) is 6.87. The van der Waals surface area contributed by atoms with E-state index < -0.39 is 50.6 Å². The highest BCUT2D eigenvalue weighted by molar-refractivity contribution is 7.89. The Morgan fingerprint density at radius 2 is 1.85 bits per heavy atom. The molecule has 1 aromatic rings. The number of nitrogens with zero attached hydrogens (tertiary/aromatic N) is 2. The van der Waals surface area contributed by atoms with Crippen molar-refractivity contribution < 1.29 is 37.2 Å². The summed E-state index contributed by atoms with van der Waals surface area (Å²) in [5.41, 5.74) is -1.04. The molecule has 14 heteroatoms. The molecule has 13 nitrogen and oxygen atoms in total. The molecule has 0 unspecified atom stereocenters. The second kappa shape index (κ2) is 10.8. The molecule has 1 heterocycles. The minimum Gasteiger partial charge on any atom is -0.467 e. The van der Waals surface area contributed by atoms with Crippen LogP contribution in [0.4, 0.5) is 10.5 Å². The maximum Gasteiger partial charge on any atom is 0.407 e. The van der Waals surface area contributed by atoms with E-state index in [1.807, 2.05) is 0 Å². The molecule has 1 fully saturated rings. The third-order valence-corrected chi connectivity index (χ3v) is 6.73. The number of hydrogen-bond acceptors (Lipinski definition) is 9. The number of nitro benzene ring substituents is 1. The largest absolute Gasteiger partial charge is 0.467 e. The molecule has 1 aromatic carbocycles. The number of rotatable bonds is 8. The van der Waals surface area contributed by atoms with Gasteiger partial charge in [-0.15, -0.1) is 0 Å². The van der Waals surface area contributed by atoms with Crippen LogP contribution in [0.2, 0.25) is 0 Å². The van der Waals surface area contributed by atoms with Gasteiger partial charge in [-0.25, -0.2) is 18.0 Å². The molecule has 1 saturated heterocycles. The summed E-state index contributed by atoms with van der Waals surface area (Å²) in [5, 5.41) is 15.6. The number of hydrogen-bond donors (Lipinski definition) is 2. The molecular formula is C20H28N4O9S. The number of carbonyl (C=O) groups excluding carboxylic acids is 3. The highest BCUT2D eigenvalue weighted by atomic mass is 32.2. The van der Waals surface area contributed by atoms with Gasteiger partial charge in [-0.2, -0.15) is 4.31 Å². The molecule has 0 bridgehead atoms. The summed E-state index contributed by atoms with van der Waals surface area (Å²) in [6.45, 7) is 4.69. The number of ether oxygens (including phenoxy) is 2. The number of benzene rings is 1. The Bertz CT molecular complexity index is 1040. The number of carbonyl (C=O) groups is 3. The van der Waals surface area contributed by atoms with Gasteiger partial charge in [0, 0.05) is 18.7 Å². The SMILES string of the molecule is COC(=O)[C@H](CNC(=O)OC(C)(C)C)NC(=O)[C@@H]1CCCN1S(=O)(=O)c1ccc([N+](=O)[O-])cc1. The smallest absolute Gasteiger partial charge is 0.407 e. The van der Waals surface area contributed by atoms with E-state index in [1.54, 1.807) is 20.8 Å². The maximum absolute atomic E-state index is 13.1. The van der Waals surface area contributed by atoms with Crippen molar-refractivity contribution in [3.63, 3.8) is 0 Å². The molecule has 2 amide bonds. The average Bonchev–Trinajstić information content (AvgIpc) is 3.26. The molecular weight excluding hydrogens is 472 g/mol. The van der Waals surface area contributed by atoms with Crippen LogP contribution in [0.3, 0.4) is 0 Å². The number of non-ortho nitro benzene ring substituents is 1. The summed E-state index contributed by atoms with van der Waals surface area (Å²) in [4.78, 5) is 46.9. The van der Waals surface area contributed by atoms with Crippen LogP contribution < -0.4 is 10.6 Å². The fourth-order valence-corrected chi connectivity index (χ4v) is 4.92. The minimum atomic E-state index is -4.14. The first-order valence-electron chi connectivity index (χ1n) is 10.4. The minimum absolute atomic E-state index is 0.0520. The predicted molar refractivity (Wildman–Crippen MR) is 118 cm³/mol. The summed E-state index contributed by atoms with van der Waals surface area (Å²) in [6, 6.07) is 1.93. The first-order valence-corrected chi connectivity index (χ1v) is 11.8. The molecule has 0 aromatic heterocycles. The van der Waals surface area contributed by atoms with Crippen LogP contribution in [0.1, 0.15) is 33.6 Å². The lowest BCUT2D eigenvalue weighted by Gasteiger charge is -2.26. The van der Waals surface area contributed by atoms with Crippen molar-refractivity contribution >= 4 is 33.7 Å². The molecule has 2 N–H and O–H groups in total. The first-order chi connectivity index (χ1) is 15.8. The van der Waals surface area contributed by atoms with E-state index in [0.29, 0.717) is 6.42 Å². The molecule has 0 aliphatic carbocycles. The van der Waals surface area contributed by atoms with Gasteiger partial charge in [-0.3, -0.25) is 14.9 Å². The van der Waals surface area contributed by atoms with E-state index in [0.717, 1.165) is 35.7 Å². The summed E-state index contributed by atoms with van der Waals surface area (Å²) in [5.74, 6) is -1.59. The highest BCUT2D eigenvalue weighted by Gasteiger charge is 2.40. The van der Waals surface area contributed by atoms with Crippen molar-refractivity contribution in [3.05, 3.63) is 34.4 Å². The molecule has 34 heavy (non-hydrogen) atoms. The third-order valence-electron chi connectivity index (χ3n) is 4.81. The van der Waals surface area contributed by atoms with Crippen molar-refractivity contribution in [1.82, 2.24) is 14.9 Å². The van der Waals surface area contributed by atoms with Crippen molar-refractivity contribution in [1.29, 1.82) is 0 Å². The number of nitrogens with one attached hydrogen (secondary N) is 2. The quantitative estimate of drug-likeness (QED) is 0.299. The molecule has 2 rings (SSSR count). The van der Waals surface area contributed by atoms with E-state index in [2.05, 4.69) is 15.4 Å². The zero-order chi connectivity index (χ0) is 25.7. The zero-order valence-electron chi connectivity index (χ0n) is 19.3. The molecule has 1 aliphatic heterocycles. The predicted octanol–water partition coefficient (Wildman–Crippen LogP) is 0.930. The van der Waals surface area contributed by atoms with Crippen LogP contribution in [0.15, 0.2) is 29.2 Å². The van der Waals surface area contributed by atoms with Crippen LogP contribution >= 0.6 is 0 Å². The van der Waals surface area contributed by atoms with Crippen LogP contribution in [0.25, 0.3) is 0 Å². The van der Waals surface area contributed by atoms with Crippen molar-refractivity contribution in [2.24, 2.45) is 0 Å². The van der Waals surface area contributed by atoms with Crippen LogP contribution in [-0.4, -0.2) is 73.5 Å². The van der Waals surface area contributed by atoms with Crippen molar-refractivity contribution in [3.8, 4) is 0 Å². The molecule has 0 radical (unpaired) electrons. The number of sulfonamides is 1. The van der Waals surface area contributed by atoms with Crippen LogP contribution in [0, 0.1) is 10.1 Å². The first kappa shape index (κ1) is 27.0. The van der Waals surface area contributed by atoms with Gasteiger partial charge in [-0.05, 0) is 45.7 Å². The Hall–Kier alpha value is -3.26. The summed E-state index contributed by atoms with van der Waals surface area (Å²) in [6.07, 6.45) is -0.215. The zero-order valence-corrected chi connectivity index (χ0v) is 20.1. The van der Waals surface area contributed by atoms with Gasteiger partial charge in [0.2, 0.25) is 15.9 Å². The average molecular weight is 501 g/mol. The molecule has 0 spiro atoms. The van der Waals surface area contributed by atoms with E-state index in [-0.39, 0.29) is 30.1 Å². The summed E-state index contributed by atoms with van der Waals surface area (Å²) in [7, 11) is -3.03. The number of nitro groups is 1. The van der Waals surface area contributed by atoms with Crippen molar-refractivity contribution in [2.75, 3.05) is 20.2 Å². The Labute approximate surface area is 197 Å². The number of alkyl carbamates (subject to hydrolysis) is 1. The van der Waals surface area contributed by atoms with Gasteiger partial charge in [-0.1, -0.05) is 0 Å². The van der Waals surface area contributed by atoms with E-state index >= 15 is 0 Å². The van der Waals surface area contributed by atoms with Gasteiger partial charge in [0.1, 0.15) is 17.7 Å². The second-order valence-corrected chi connectivity index (χ2v) is 10.4. The highest BCUT2D eigenvalue weighted by Crippen LogP contribution is 2.27. The van der Waals surface area contributed by atoms with Gasteiger partial charge < -0.3 is 20.1 Å². The normalized spacial score (nSPS) is 17.5. The number of amides is 2. The van der Waals surface area contributed by atoms with Crippen LogP contribution in [0.5, 0.6) is 0 Å². The molecule has 1 aliphatic rings. The van der Waals surface area contributed by atoms with Gasteiger partial charge in [0.25, 0.3) is 5.69 Å². The lowest BCUT2D eigenvalue weighted by Crippen LogP contribution is -2.54. The van der Waals surface area contributed by atoms with E-state index in [4.69, 9.17) is 4.74 Å². The fourth-order valence-electron chi connectivity index (χ4n) is 3.27. The lowest BCUT2D eigenvalue weighted by molar-refractivity contribution is -0.384. The van der Waals surface area contributed by atoms with Gasteiger partial charge in [0.05, 0.1) is 23.5 Å². The van der Waals surface area contributed by atoms with Gasteiger partial charge in [0.15, 0.2) is 0 Å². The van der Waals surface area contributed by atoms with E-state index in [1.165, 1.54) is 0 Å². The number of esters is 1. The van der Waals surface area contributed by atoms with Gasteiger partial charge >= 0.3 is 12.1 Å². The van der Waals surface area contributed by atoms with Crippen LogP contribution in [-0.2, 0) is 29.1 Å². The molecule has 2 atom stereocenters. The summed E-state index contributed by atoms with van der Waals surface area (Å²) >= 11 is 0. The van der Waals surface area contributed by atoms with E-state index in [9.17, 15) is 32.9 Å². The maximum atomic E-state index is 13.1. The Morgan fingerprint density at radius 1 is 1.24 bits per heavy atom. The Balaban J connectivity index is 2.14. The Morgan fingerprint density at radius 3 is 2.38 bits per heavy atom. The number of methoxy groups -OCH3 is 1. The second-order valence-electron chi connectivity index (χ2n) is 8.49. The molecule has 0 saturated carbocycles. The standard InChI is InChI=1S/C20H28N4O9S/c1-20(2,3)33-19(27)21-12-15(18(26)32-4)22-17(25)16-6-5-11-23(16)34(30,31)14-9-7-13(8-10-14)24(28)29/h7-10,15-16H,5-6,11-12H2,1-4H3,(H,21,27)(H,22,25)/t15-,16-/m0/s1. The molecule has 188 valence electrons. The van der Waals surface area contributed by atoms with Crippen molar-refractivity contribution in [2.45, 2.75) is 56.2 Å². The monoisotopic (exact) mass is 500 g/mol. The lowest BCUT2D eigenvalue weighted by atomic mass is 10.2. The Kier molecular flexibility index (Phi) is 8.56. The summed E-state index contributed by atoms with van der Waals surface area (Å²) < 4.78 is 36.9.